The largest absolute Gasteiger partial charge is 0.357 e. The normalized spacial score (nSPS) is 19.2. The lowest BCUT2D eigenvalue weighted by molar-refractivity contribution is 0.267. The first-order chi connectivity index (χ1) is 11.9. The Hall–Kier alpha value is -1.64. The molecule has 0 aromatic heterocycles. The van der Waals surface area contributed by atoms with Gasteiger partial charge in [0.25, 0.3) is 0 Å². The molecular weight excluding hydrogens is 338 g/mol. The van der Waals surface area contributed by atoms with E-state index < -0.39 is 10.0 Å². The zero-order chi connectivity index (χ0) is 18.3. The molecule has 1 saturated heterocycles. The van der Waals surface area contributed by atoms with Crippen molar-refractivity contribution in [1.29, 1.82) is 0 Å². The van der Waals surface area contributed by atoms with Crippen LogP contribution < -0.4 is 15.8 Å². The molecule has 2 rings (SSSR count). The third-order valence-electron chi connectivity index (χ3n) is 4.40. The predicted octanol–water partition coefficient (Wildman–Crippen LogP) is 0.873. The Morgan fingerprint density at radius 2 is 2.16 bits per heavy atom. The number of nitrogens with zero attached hydrogens (tertiary/aromatic N) is 2. The first-order valence-corrected chi connectivity index (χ1v) is 10.4. The van der Waals surface area contributed by atoms with Crippen LogP contribution in [-0.2, 0) is 16.6 Å². The van der Waals surface area contributed by atoms with E-state index in [2.05, 4.69) is 27.4 Å². The van der Waals surface area contributed by atoms with Crippen LogP contribution in [-0.4, -0.2) is 51.5 Å². The summed E-state index contributed by atoms with van der Waals surface area (Å²) in [5.74, 6) is 0.742. The molecule has 1 aliphatic heterocycles. The zero-order valence-corrected chi connectivity index (χ0v) is 15.8. The smallest absolute Gasteiger partial charge is 0.238 e. The van der Waals surface area contributed by atoms with Crippen molar-refractivity contribution in [3.63, 3.8) is 0 Å². The molecule has 1 atom stereocenters. The molecular formula is C17H29N5O2S. The number of hydrogen-bond acceptors (Lipinski definition) is 4. The standard InChI is InChI=1S/C17H29N5O2S/c1-3-19-17(21-13-15-8-6-10-22(15)4-2)20-12-14-7-5-9-16(11-14)25(18,23)24/h5,7,9,11,15H,3-4,6,8,10,12-13H2,1-2H3,(H2,18,23,24)(H2,19,20,21). The van der Waals surface area contributed by atoms with E-state index in [9.17, 15) is 8.42 Å². The first kappa shape index (κ1) is 19.7. The summed E-state index contributed by atoms with van der Waals surface area (Å²) in [6.07, 6.45) is 2.45. The van der Waals surface area contributed by atoms with E-state index in [0.717, 1.165) is 37.7 Å². The van der Waals surface area contributed by atoms with E-state index >= 15 is 0 Å². The molecule has 1 aliphatic rings. The summed E-state index contributed by atoms with van der Waals surface area (Å²) in [6, 6.07) is 7.13. The van der Waals surface area contributed by atoms with Gasteiger partial charge in [-0.25, -0.2) is 18.5 Å². The molecule has 4 N–H and O–H groups in total. The second kappa shape index (κ2) is 9.17. The number of rotatable bonds is 7. The van der Waals surface area contributed by atoms with E-state index in [1.165, 1.54) is 18.9 Å². The molecule has 1 unspecified atom stereocenters. The highest BCUT2D eigenvalue weighted by molar-refractivity contribution is 7.89. The Morgan fingerprint density at radius 1 is 1.36 bits per heavy atom. The van der Waals surface area contributed by atoms with Crippen LogP contribution in [0.2, 0.25) is 0 Å². The average molecular weight is 368 g/mol. The van der Waals surface area contributed by atoms with Gasteiger partial charge in [0, 0.05) is 19.1 Å². The van der Waals surface area contributed by atoms with Gasteiger partial charge in [0.2, 0.25) is 10.0 Å². The lowest BCUT2D eigenvalue weighted by Gasteiger charge is -2.24. The van der Waals surface area contributed by atoms with Crippen molar-refractivity contribution in [3.05, 3.63) is 29.8 Å². The van der Waals surface area contributed by atoms with Crippen LogP contribution in [0.1, 0.15) is 32.3 Å². The van der Waals surface area contributed by atoms with Crippen molar-refractivity contribution in [2.24, 2.45) is 10.1 Å². The maximum Gasteiger partial charge on any atom is 0.238 e. The molecule has 25 heavy (non-hydrogen) atoms. The summed E-state index contributed by atoms with van der Waals surface area (Å²) in [6.45, 7) is 8.46. The van der Waals surface area contributed by atoms with Gasteiger partial charge in [-0.3, -0.25) is 4.90 Å². The molecule has 7 nitrogen and oxygen atoms in total. The van der Waals surface area contributed by atoms with Gasteiger partial charge in [0.15, 0.2) is 5.96 Å². The molecule has 1 heterocycles. The fourth-order valence-electron chi connectivity index (χ4n) is 3.09. The van der Waals surface area contributed by atoms with Crippen LogP contribution in [0.3, 0.4) is 0 Å². The minimum Gasteiger partial charge on any atom is -0.357 e. The lowest BCUT2D eigenvalue weighted by atomic mass is 10.2. The molecule has 1 aromatic carbocycles. The lowest BCUT2D eigenvalue weighted by Crippen LogP contribution is -2.44. The van der Waals surface area contributed by atoms with Crippen molar-refractivity contribution in [2.45, 2.75) is 44.2 Å². The molecule has 0 saturated carbocycles. The van der Waals surface area contributed by atoms with Gasteiger partial charge in [-0.2, -0.15) is 0 Å². The average Bonchev–Trinajstić information content (AvgIpc) is 3.04. The van der Waals surface area contributed by atoms with Gasteiger partial charge < -0.3 is 10.6 Å². The summed E-state index contributed by atoms with van der Waals surface area (Å²) in [7, 11) is -3.69. The Labute approximate surface area is 150 Å². The highest BCUT2D eigenvalue weighted by Gasteiger charge is 2.22. The van der Waals surface area contributed by atoms with Gasteiger partial charge in [-0.15, -0.1) is 0 Å². The number of primary sulfonamides is 1. The maximum absolute atomic E-state index is 11.4. The second-order valence-corrected chi connectivity index (χ2v) is 7.75. The minimum absolute atomic E-state index is 0.114. The van der Waals surface area contributed by atoms with Crippen molar-refractivity contribution >= 4 is 16.0 Å². The Kier molecular flexibility index (Phi) is 7.22. The molecule has 0 radical (unpaired) electrons. The SMILES string of the molecule is CCNC(=NCc1cccc(S(N)(=O)=O)c1)NCC1CCCN1CC. The van der Waals surface area contributed by atoms with Gasteiger partial charge in [0.1, 0.15) is 0 Å². The van der Waals surface area contributed by atoms with E-state index in [1.807, 2.05) is 13.0 Å². The Balaban J connectivity index is 1.99. The Morgan fingerprint density at radius 3 is 2.84 bits per heavy atom. The molecule has 8 heteroatoms. The van der Waals surface area contributed by atoms with Gasteiger partial charge in [0.05, 0.1) is 11.4 Å². The Bertz CT molecular complexity index is 690. The summed E-state index contributed by atoms with van der Waals surface area (Å²) in [5, 5.41) is 11.8. The third-order valence-corrected chi connectivity index (χ3v) is 5.31. The number of nitrogens with two attached hydrogens (primary N) is 1. The number of sulfonamides is 1. The molecule has 1 fully saturated rings. The summed E-state index contributed by atoms with van der Waals surface area (Å²) in [5.41, 5.74) is 0.805. The van der Waals surface area contributed by atoms with E-state index in [0.29, 0.717) is 12.6 Å². The second-order valence-electron chi connectivity index (χ2n) is 6.19. The third kappa shape index (κ3) is 5.98. The van der Waals surface area contributed by atoms with Crippen LogP contribution in [0.4, 0.5) is 0 Å². The number of nitrogens with one attached hydrogen (secondary N) is 2. The van der Waals surface area contributed by atoms with Crippen molar-refractivity contribution in [3.8, 4) is 0 Å². The first-order valence-electron chi connectivity index (χ1n) is 8.82. The van der Waals surface area contributed by atoms with Crippen LogP contribution in [0, 0.1) is 0 Å². The number of hydrogen-bond donors (Lipinski definition) is 3. The number of likely N-dealkylation sites (N-methyl/N-ethyl adjacent to an activating group) is 1. The fourth-order valence-corrected chi connectivity index (χ4v) is 3.67. The minimum atomic E-state index is -3.69. The summed E-state index contributed by atoms with van der Waals surface area (Å²) in [4.78, 5) is 7.15. The van der Waals surface area contributed by atoms with Crippen molar-refractivity contribution in [2.75, 3.05) is 26.2 Å². The number of benzene rings is 1. The summed E-state index contributed by atoms with van der Waals surface area (Å²) < 4.78 is 22.9. The highest BCUT2D eigenvalue weighted by Crippen LogP contribution is 2.15. The predicted molar refractivity (Wildman–Crippen MR) is 101 cm³/mol. The van der Waals surface area contributed by atoms with Gasteiger partial charge >= 0.3 is 0 Å². The van der Waals surface area contributed by atoms with E-state index in [1.54, 1.807) is 12.1 Å². The highest BCUT2D eigenvalue weighted by atomic mass is 32.2. The monoisotopic (exact) mass is 367 g/mol. The number of aliphatic imine (C=N–C) groups is 1. The maximum atomic E-state index is 11.4. The van der Waals surface area contributed by atoms with Crippen LogP contribution in [0.15, 0.2) is 34.2 Å². The topological polar surface area (TPSA) is 99.8 Å². The molecule has 0 amide bonds. The zero-order valence-electron chi connectivity index (χ0n) is 15.0. The number of guanidine groups is 1. The van der Waals surface area contributed by atoms with Gasteiger partial charge in [-0.05, 0) is 50.6 Å². The molecule has 0 aliphatic carbocycles. The molecule has 140 valence electrons. The quantitative estimate of drug-likeness (QED) is 0.491. The van der Waals surface area contributed by atoms with Crippen LogP contribution >= 0.6 is 0 Å². The van der Waals surface area contributed by atoms with Gasteiger partial charge in [-0.1, -0.05) is 19.1 Å². The van der Waals surface area contributed by atoms with Crippen molar-refractivity contribution in [1.82, 2.24) is 15.5 Å². The van der Waals surface area contributed by atoms with E-state index in [4.69, 9.17) is 5.14 Å². The fraction of sp³-hybridized carbons (Fsp3) is 0.588. The molecule has 1 aromatic rings. The van der Waals surface area contributed by atoms with E-state index in [-0.39, 0.29) is 4.90 Å². The van der Waals surface area contributed by atoms with Crippen LogP contribution in [0.25, 0.3) is 0 Å². The van der Waals surface area contributed by atoms with Crippen molar-refractivity contribution < 1.29 is 8.42 Å². The van der Waals surface area contributed by atoms with Crippen LogP contribution in [0.5, 0.6) is 0 Å². The summed E-state index contributed by atoms with van der Waals surface area (Å²) >= 11 is 0. The molecule has 0 bridgehead atoms. The molecule has 0 spiro atoms. The number of likely N-dealkylation sites (tertiary alicyclic amines) is 1.